The van der Waals surface area contributed by atoms with Crippen molar-refractivity contribution in [2.45, 2.75) is 6.92 Å². The van der Waals surface area contributed by atoms with Crippen molar-refractivity contribution in [2.24, 2.45) is 0 Å². The Morgan fingerprint density at radius 2 is 2.19 bits per heavy atom. The molecule has 1 aromatic carbocycles. The largest absolute Gasteiger partial charge is 0.366 e. The number of rotatable bonds is 4. The second-order valence-electron chi connectivity index (χ2n) is 4.79. The van der Waals surface area contributed by atoms with E-state index in [0.717, 1.165) is 28.1 Å². The number of aryl methyl sites for hydroxylation is 1. The van der Waals surface area contributed by atoms with Crippen molar-refractivity contribution in [3.05, 3.63) is 53.7 Å². The number of nitrogens with one attached hydrogen (secondary N) is 2. The van der Waals surface area contributed by atoms with Gasteiger partial charge in [0.25, 0.3) is 0 Å². The minimum Gasteiger partial charge on any atom is -0.366 e. The second-order valence-corrected chi connectivity index (χ2v) is 5.23. The summed E-state index contributed by atoms with van der Waals surface area (Å²) in [7, 11) is 0. The van der Waals surface area contributed by atoms with E-state index in [4.69, 9.17) is 11.6 Å². The highest BCUT2D eigenvalue weighted by Gasteiger charge is 2.11. The molecule has 0 atom stereocenters. The summed E-state index contributed by atoms with van der Waals surface area (Å²) >= 11 is 6.05. The van der Waals surface area contributed by atoms with Crippen molar-refractivity contribution in [1.82, 2.24) is 15.0 Å². The lowest BCUT2D eigenvalue weighted by Crippen LogP contribution is -2.03. The number of aromatic amines is 1. The maximum atomic E-state index is 6.05. The molecule has 0 spiro atoms. The lowest BCUT2D eigenvalue weighted by Gasteiger charge is -2.07. The molecule has 0 radical (unpaired) electrons. The minimum absolute atomic E-state index is 0.637. The zero-order valence-corrected chi connectivity index (χ0v) is 12.4. The molecule has 0 fully saturated rings. The molecule has 2 aromatic heterocycles. The Labute approximate surface area is 127 Å². The van der Waals surface area contributed by atoms with Gasteiger partial charge in [-0.05, 0) is 25.1 Å². The van der Waals surface area contributed by atoms with Crippen LogP contribution >= 0.6 is 11.6 Å². The number of H-pyrrole nitrogens is 1. The first kappa shape index (κ1) is 13.6. The van der Waals surface area contributed by atoms with Crippen molar-refractivity contribution < 1.29 is 0 Å². The molecule has 0 aliphatic carbocycles. The van der Waals surface area contributed by atoms with Crippen molar-refractivity contribution in [1.29, 1.82) is 0 Å². The first-order valence-electron chi connectivity index (χ1n) is 6.65. The number of hydrogen-bond donors (Lipinski definition) is 2. The second kappa shape index (κ2) is 5.58. The van der Waals surface area contributed by atoms with E-state index in [9.17, 15) is 0 Å². The van der Waals surface area contributed by atoms with Crippen molar-refractivity contribution in [3.8, 4) is 11.4 Å². The number of nitrogens with zero attached hydrogens (tertiary/aromatic N) is 2. The lowest BCUT2D eigenvalue weighted by molar-refractivity contribution is 1.17. The van der Waals surface area contributed by atoms with Gasteiger partial charge in [-0.2, -0.15) is 0 Å². The zero-order valence-electron chi connectivity index (χ0n) is 11.7. The van der Waals surface area contributed by atoms with Gasteiger partial charge in [0.15, 0.2) is 5.82 Å². The first-order chi connectivity index (χ1) is 10.2. The van der Waals surface area contributed by atoms with Crippen LogP contribution in [0.5, 0.6) is 0 Å². The van der Waals surface area contributed by atoms with Gasteiger partial charge in [-0.3, -0.25) is 0 Å². The predicted octanol–water partition coefficient (Wildman–Crippen LogP) is 4.18. The Balaban J connectivity index is 2.17. The Hall–Kier alpha value is -2.33. The third-order valence-corrected chi connectivity index (χ3v) is 3.35. The van der Waals surface area contributed by atoms with Gasteiger partial charge in [-0.1, -0.05) is 29.8 Å². The molecule has 0 bridgehead atoms. The summed E-state index contributed by atoms with van der Waals surface area (Å²) in [6, 6.07) is 9.56. The van der Waals surface area contributed by atoms with Crippen LogP contribution in [0.25, 0.3) is 22.4 Å². The molecule has 0 aliphatic rings. The van der Waals surface area contributed by atoms with Gasteiger partial charge in [0.2, 0.25) is 0 Å². The number of halogens is 1. The molecule has 2 heterocycles. The standard InChI is InChI=1S/C16H15ClN4/c1-3-7-18-15-13-8-10(2)19-16(13)21-14(20-15)11-5-4-6-12(17)9-11/h3-6,8-9H,1,7H2,2H3,(H2,18,19,20,21). The smallest absolute Gasteiger partial charge is 0.163 e. The highest BCUT2D eigenvalue weighted by atomic mass is 35.5. The molecule has 5 heteroatoms. The lowest BCUT2D eigenvalue weighted by atomic mass is 10.2. The van der Waals surface area contributed by atoms with Gasteiger partial charge in [0.1, 0.15) is 11.5 Å². The molecule has 2 N–H and O–H groups in total. The summed E-state index contributed by atoms with van der Waals surface area (Å²) in [5.41, 5.74) is 2.74. The fourth-order valence-electron chi connectivity index (χ4n) is 2.20. The number of aromatic nitrogens is 3. The maximum Gasteiger partial charge on any atom is 0.163 e. The molecule has 0 unspecified atom stereocenters. The van der Waals surface area contributed by atoms with Gasteiger partial charge >= 0.3 is 0 Å². The molecule has 3 aromatic rings. The SMILES string of the molecule is C=CCNc1nc(-c2cccc(Cl)c2)nc2[nH]c(C)cc12. The van der Waals surface area contributed by atoms with Crippen molar-refractivity contribution >= 4 is 28.5 Å². The molecule has 0 saturated heterocycles. The van der Waals surface area contributed by atoms with Gasteiger partial charge < -0.3 is 10.3 Å². The summed E-state index contributed by atoms with van der Waals surface area (Å²) in [6.45, 7) is 6.36. The van der Waals surface area contributed by atoms with Crippen LogP contribution in [0.15, 0.2) is 43.0 Å². The van der Waals surface area contributed by atoms with E-state index in [1.54, 1.807) is 6.08 Å². The van der Waals surface area contributed by atoms with Crippen molar-refractivity contribution in [3.63, 3.8) is 0 Å². The first-order valence-corrected chi connectivity index (χ1v) is 7.03. The summed E-state index contributed by atoms with van der Waals surface area (Å²) in [5, 5.41) is 4.89. The Bertz CT molecular complexity index is 807. The highest BCUT2D eigenvalue weighted by molar-refractivity contribution is 6.30. The third-order valence-electron chi connectivity index (χ3n) is 3.12. The van der Waals surface area contributed by atoms with Gasteiger partial charge in [-0.15, -0.1) is 6.58 Å². The molecular formula is C16H15ClN4. The van der Waals surface area contributed by atoms with Crippen LogP contribution in [0.4, 0.5) is 5.82 Å². The molecule has 0 amide bonds. The summed E-state index contributed by atoms with van der Waals surface area (Å²) in [5.74, 6) is 1.43. The Kier molecular flexibility index (Phi) is 3.62. The van der Waals surface area contributed by atoms with Crippen molar-refractivity contribution in [2.75, 3.05) is 11.9 Å². The number of benzene rings is 1. The van der Waals surface area contributed by atoms with Gasteiger partial charge in [0, 0.05) is 22.8 Å². The van der Waals surface area contributed by atoms with E-state index >= 15 is 0 Å². The van der Waals surface area contributed by atoms with E-state index in [2.05, 4.69) is 26.8 Å². The summed E-state index contributed by atoms with van der Waals surface area (Å²) < 4.78 is 0. The fraction of sp³-hybridized carbons (Fsp3) is 0.125. The normalized spacial score (nSPS) is 10.8. The maximum absolute atomic E-state index is 6.05. The third kappa shape index (κ3) is 2.76. The van der Waals surface area contributed by atoms with E-state index in [1.807, 2.05) is 37.3 Å². The predicted molar refractivity (Wildman–Crippen MR) is 87.8 cm³/mol. The summed E-state index contributed by atoms with van der Waals surface area (Å²) in [6.07, 6.45) is 1.80. The van der Waals surface area contributed by atoms with Crippen LogP contribution in [0.1, 0.15) is 5.69 Å². The highest BCUT2D eigenvalue weighted by Crippen LogP contribution is 2.26. The van der Waals surface area contributed by atoms with E-state index in [1.165, 1.54) is 0 Å². The molecule has 3 rings (SSSR count). The molecule has 4 nitrogen and oxygen atoms in total. The molecule has 106 valence electrons. The topological polar surface area (TPSA) is 53.6 Å². The summed E-state index contributed by atoms with van der Waals surface area (Å²) in [4.78, 5) is 12.4. The number of anilines is 1. The fourth-order valence-corrected chi connectivity index (χ4v) is 2.39. The van der Waals surface area contributed by atoms with Crippen LogP contribution in [-0.2, 0) is 0 Å². The van der Waals surface area contributed by atoms with E-state index in [0.29, 0.717) is 17.4 Å². The monoisotopic (exact) mass is 298 g/mol. The van der Waals surface area contributed by atoms with Crippen LogP contribution in [0.3, 0.4) is 0 Å². The molecule has 0 saturated carbocycles. The molecular weight excluding hydrogens is 284 g/mol. The van der Waals surface area contributed by atoms with E-state index in [-0.39, 0.29) is 0 Å². The van der Waals surface area contributed by atoms with E-state index < -0.39 is 0 Å². The average Bonchev–Trinajstić information content (AvgIpc) is 2.85. The van der Waals surface area contributed by atoms with Gasteiger partial charge in [-0.25, -0.2) is 9.97 Å². The Morgan fingerprint density at radius 3 is 2.95 bits per heavy atom. The number of fused-ring (bicyclic) bond motifs is 1. The minimum atomic E-state index is 0.637. The zero-order chi connectivity index (χ0) is 14.8. The van der Waals surface area contributed by atoms with Crippen LogP contribution in [0, 0.1) is 6.92 Å². The quantitative estimate of drug-likeness (QED) is 0.710. The van der Waals surface area contributed by atoms with Crippen LogP contribution in [-0.4, -0.2) is 21.5 Å². The number of hydrogen-bond acceptors (Lipinski definition) is 3. The van der Waals surface area contributed by atoms with Crippen LogP contribution < -0.4 is 5.32 Å². The molecule has 21 heavy (non-hydrogen) atoms. The molecule has 0 aliphatic heterocycles. The Morgan fingerprint density at radius 1 is 1.33 bits per heavy atom. The van der Waals surface area contributed by atoms with Gasteiger partial charge in [0.05, 0.1) is 5.39 Å². The van der Waals surface area contributed by atoms with Crippen LogP contribution in [0.2, 0.25) is 5.02 Å². The average molecular weight is 299 g/mol.